The second-order valence-electron chi connectivity index (χ2n) is 4.37. The number of halogens is 2. The third-order valence-corrected chi connectivity index (χ3v) is 3.37. The predicted molar refractivity (Wildman–Crippen MR) is 66.4 cm³/mol. The molecule has 0 saturated heterocycles. The molecule has 15 heavy (non-hydrogen) atoms. The van der Waals surface area contributed by atoms with Crippen molar-refractivity contribution in [3.05, 3.63) is 28.3 Å². The highest BCUT2D eigenvalue weighted by molar-refractivity contribution is 6.32. The van der Waals surface area contributed by atoms with Gasteiger partial charge in [-0.05, 0) is 51.0 Å². The highest BCUT2D eigenvalue weighted by Crippen LogP contribution is 2.28. The molecule has 0 aliphatic rings. The van der Waals surface area contributed by atoms with E-state index in [9.17, 15) is 0 Å². The van der Waals surface area contributed by atoms with Crippen LogP contribution in [0.15, 0.2) is 12.1 Å². The van der Waals surface area contributed by atoms with Crippen LogP contribution >= 0.6 is 23.2 Å². The first-order chi connectivity index (χ1) is 6.85. The Morgan fingerprint density at radius 1 is 1.20 bits per heavy atom. The summed E-state index contributed by atoms with van der Waals surface area (Å²) in [6.07, 6.45) is 0. The lowest BCUT2D eigenvalue weighted by molar-refractivity contribution is 0.134. The first kappa shape index (κ1) is 12.7. The molecule has 0 amide bonds. The highest BCUT2D eigenvalue weighted by atomic mass is 35.5. The van der Waals surface area contributed by atoms with Crippen molar-refractivity contribution >= 4 is 23.2 Å². The van der Waals surface area contributed by atoms with Gasteiger partial charge in [0.25, 0.3) is 0 Å². The summed E-state index contributed by atoms with van der Waals surface area (Å²) in [7, 11) is 0. The molecule has 0 saturated carbocycles. The Balaban J connectivity index is 2.98. The normalized spacial score (nSPS) is 11.6. The first-order valence-corrected chi connectivity index (χ1v) is 5.79. The van der Waals surface area contributed by atoms with Gasteiger partial charge in [0.15, 0.2) is 0 Å². The minimum Gasteiger partial charge on any atom is -0.487 e. The fourth-order valence-corrected chi connectivity index (χ4v) is 1.48. The summed E-state index contributed by atoms with van der Waals surface area (Å²) in [6, 6.07) is 3.87. The van der Waals surface area contributed by atoms with E-state index in [-0.39, 0.29) is 5.60 Å². The molecule has 0 aliphatic heterocycles. The molecule has 0 fully saturated rings. The molecule has 0 bridgehead atoms. The van der Waals surface area contributed by atoms with Crippen LogP contribution in [-0.4, -0.2) is 11.5 Å². The summed E-state index contributed by atoms with van der Waals surface area (Å²) < 4.78 is 5.78. The van der Waals surface area contributed by atoms with Crippen LogP contribution in [0, 0.1) is 13.8 Å². The minimum atomic E-state index is -0.353. The fraction of sp³-hybridized carbons (Fsp3) is 0.500. The van der Waals surface area contributed by atoms with Crippen molar-refractivity contribution in [3.63, 3.8) is 0 Å². The van der Waals surface area contributed by atoms with Crippen LogP contribution in [0.2, 0.25) is 5.02 Å². The Morgan fingerprint density at radius 2 is 1.67 bits per heavy atom. The van der Waals surface area contributed by atoms with E-state index >= 15 is 0 Å². The van der Waals surface area contributed by atoms with Crippen LogP contribution in [0.1, 0.15) is 25.0 Å². The SMILES string of the molecule is Cc1cc(OC(C)(C)CCl)cc(C)c1Cl. The average molecular weight is 247 g/mol. The molecular formula is C12H16Cl2O. The van der Waals surface area contributed by atoms with Crippen LogP contribution in [0.5, 0.6) is 5.75 Å². The molecule has 1 aromatic rings. The van der Waals surface area contributed by atoms with Crippen LogP contribution < -0.4 is 4.74 Å². The fourth-order valence-electron chi connectivity index (χ4n) is 1.31. The van der Waals surface area contributed by atoms with Gasteiger partial charge < -0.3 is 4.74 Å². The summed E-state index contributed by atoms with van der Waals surface area (Å²) in [4.78, 5) is 0. The maximum Gasteiger partial charge on any atom is 0.120 e. The summed E-state index contributed by atoms with van der Waals surface area (Å²) in [5.74, 6) is 1.27. The van der Waals surface area contributed by atoms with Gasteiger partial charge in [-0.15, -0.1) is 11.6 Å². The van der Waals surface area contributed by atoms with Crippen molar-refractivity contribution in [2.45, 2.75) is 33.3 Å². The van der Waals surface area contributed by atoms with E-state index in [1.54, 1.807) is 0 Å². The van der Waals surface area contributed by atoms with E-state index in [0.29, 0.717) is 5.88 Å². The lowest BCUT2D eigenvalue weighted by Gasteiger charge is -2.24. The lowest BCUT2D eigenvalue weighted by atomic mass is 10.1. The maximum atomic E-state index is 6.07. The van der Waals surface area contributed by atoms with Crippen molar-refractivity contribution in [2.75, 3.05) is 5.88 Å². The van der Waals surface area contributed by atoms with E-state index in [4.69, 9.17) is 27.9 Å². The second kappa shape index (κ2) is 4.63. The zero-order chi connectivity index (χ0) is 11.6. The molecule has 1 aromatic carbocycles. The number of hydrogen-bond donors (Lipinski definition) is 0. The van der Waals surface area contributed by atoms with Crippen molar-refractivity contribution in [1.82, 2.24) is 0 Å². The van der Waals surface area contributed by atoms with Gasteiger partial charge in [-0.2, -0.15) is 0 Å². The smallest absolute Gasteiger partial charge is 0.120 e. The summed E-state index contributed by atoms with van der Waals surface area (Å²) in [6.45, 7) is 7.85. The summed E-state index contributed by atoms with van der Waals surface area (Å²) >= 11 is 11.9. The van der Waals surface area contributed by atoms with E-state index in [0.717, 1.165) is 21.9 Å². The Kier molecular flexibility index (Phi) is 3.91. The predicted octanol–water partition coefficient (Wildman–Crippen LogP) is 4.35. The molecule has 84 valence electrons. The third kappa shape index (κ3) is 3.29. The second-order valence-corrected chi connectivity index (χ2v) is 5.01. The van der Waals surface area contributed by atoms with E-state index < -0.39 is 0 Å². The average Bonchev–Trinajstić information content (AvgIpc) is 2.13. The molecule has 0 aromatic heterocycles. The van der Waals surface area contributed by atoms with Gasteiger partial charge in [0, 0.05) is 5.02 Å². The van der Waals surface area contributed by atoms with Gasteiger partial charge in [0.05, 0.1) is 5.88 Å². The number of benzene rings is 1. The molecule has 1 rings (SSSR count). The van der Waals surface area contributed by atoms with Gasteiger partial charge in [0.2, 0.25) is 0 Å². The van der Waals surface area contributed by atoms with Crippen LogP contribution in [0.4, 0.5) is 0 Å². The maximum absolute atomic E-state index is 6.07. The van der Waals surface area contributed by atoms with Gasteiger partial charge in [-0.3, -0.25) is 0 Å². The van der Waals surface area contributed by atoms with Gasteiger partial charge in [-0.25, -0.2) is 0 Å². The molecule has 0 unspecified atom stereocenters. The number of aryl methyl sites for hydroxylation is 2. The topological polar surface area (TPSA) is 9.23 Å². The Morgan fingerprint density at radius 3 is 2.07 bits per heavy atom. The minimum absolute atomic E-state index is 0.353. The number of alkyl halides is 1. The van der Waals surface area contributed by atoms with Crippen LogP contribution in [0.3, 0.4) is 0 Å². The first-order valence-electron chi connectivity index (χ1n) is 4.87. The van der Waals surface area contributed by atoms with Crippen LogP contribution in [0.25, 0.3) is 0 Å². The zero-order valence-electron chi connectivity index (χ0n) is 9.53. The van der Waals surface area contributed by atoms with Crippen molar-refractivity contribution < 1.29 is 4.74 Å². The molecule has 0 spiro atoms. The van der Waals surface area contributed by atoms with E-state index in [1.807, 2.05) is 39.8 Å². The Bertz CT molecular complexity index is 336. The van der Waals surface area contributed by atoms with Gasteiger partial charge in [0.1, 0.15) is 11.4 Å². The summed E-state index contributed by atoms with van der Waals surface area (Å²) in [5.41, 5.74) is 1.70. The van der Waals surface area contributed by atoms with Gasteiger partial charge in [-0.1, -0.05) is 11.6 Å². The molecule has 0 radical (unpaired) electrons. The van der Waals surface area contributed by atoms with Crippen molar-refractivity contribution in [2.24, 2.45) is 0 Å². The molecule has 0 aliphatic carbocycles. The number of hydrogen-bond acceptors (Lipinski definition) is 1. The molecule has 0 heterocycles. The molecule has 3 heteroatoms. The van der Waals surface area contributed by atoms with E-state index in [1.165, 1.54) is 0 Å². The molecule has 1 nitrogen and oxygen atoms in total. The Labute approximate surface area is 101 Å². The zero-order valence-corrected chi connectivity index (χ0v) is 11.0. The van der Waals surface area contributed by atoms with Gasteiger partial charge >= 0.3 is 0 Å². The van der Waals surface area contributed by atoms with Crippen molar-refractivity contribution in [3.8, 4) is 5.75 Å². The third-order valence-electron chi connectivity index (χ3n) is 2.13. The number of rotatable bonds is 3. The van der Waals surface area contributed by atoms with Crippen molar-refractivity contribution in [1.29, 1.82) is 0 Å². The monoisotopic (exact) mass is 246 g/mol. The highest BCUT2D eigenvalue weighted by Gasteiger charge is 2.18. The van der Waals surface area contributed by atoms with Crippen LogP contribution in [-0.2, 0) is 0 Å². The lowest BCUT2D eigenvalue weighted by Crippen LogP contribution is -2.30. The molecule has 0 N–H and O–H groups in total. The standard InChI is InChI=1S/C12H16Cl2O/c1-8-5-10(6-9(2)11(8)14)15-12(3,4)7-13/h5-6H,7H2,1-4H3. The van der Waals surface area contributed by atoms with E-state index in [2.05, 4.69) is 0 Å². The molecule has 0 atom stereocenters. The largest absolute Gasteiger partial charge is 0.487 e. The quantitative estimate of drug-likeness (QED) is 0.721. The Hall–Kier alpha value is -0.400. The summed E-state index contributed by atoms with van der Waals surface area (Å²) in [5, 5.41) is 0.797. The number of ether oxygens (including phenoxy) is 1. The molecular weight excluding hydrogens is 231 g/mol.